The van der Waals surface area contributed by atoms with Crippen molar-refractivity contribution in [2.24, 2.45) is 0 Å². The smallest absolute Gasteiger partial charge is 0.307 e. The second kappa shape index (κ2) is 7.65. The number of rotatable bonds is 6. The lowest BCUT2D eigenvalue weighted by molar-refractivity contribution is -0.149. The van der Waals surface area contributed by atoms with Gasteiger partial charge in [-0.25, -0.2) is 0 Å². The van der Waals surface area contributed by atoms with Crippen molar-refractivity contribution in [3.63, 3.8) is 0 Å². The standard InChI is InChI=1S/C11H21NO3/c1-2-12-7-6-11(13)15-9-10-5-3-4-8-14-10/h10,12H,2-9H2,1H3. The van der Waals surface area contributed by atoms with E-state index >= 15 is 0 Å². The number of carbonyl (C=O) groups is 1. The maximum Gasteiger partial charge on any atom is 0.307 e. The maximum atomic E-state index is 11.2. The van der Waals surface area contributed by atoms with Gasteiger partial charge in [0, 0.05) is 13.2 Å². The van der Waals surface area contributed by atoms with Gasteiger partial charge < -0.3 is 14.8 Å². The molecule has 0 amide bonds. The second-order valence-corrected chi connectivity index (χ2v) is 3.78. The normalized spacial score (nSPS) is 21.3. The van der Waals surface area contributed by atoms with E-state index in [9.17, 15) is 4.79 Å². The monoisotopic (exact) mass is 215 g/mol. The highest BCUT2D eigenvalue weighted by Gasteiger charge is 2.15. The third kappa shape index (κ3) is 5.74. The largest absolute Gasteiger partial charge is 0.463 e. The Morgan fingerprint density at radius 1 is 1.53 bits per heavy atom. The summed E-state index contributed by atoms with van der Waals surface area (Å²) in [4.78, 5) is 11.2. The molecule has 1 rings (SSSR count). The zero-order valence-electron chi connectivity index (χ0n) is 9.46. The van der Waals surface area contributed by atoms with E-state index < -0.39 is 0 Å². The van der Waals surface area contributed by atoms with Gasteiger partial charge in [-0.3, -0.25) is 4.79 Å². The van der Waals surface area contributed by atoms with Crippen molar-refractivity contribution >= 4 is 5.97 Å². The quantitative estimate of drug-likeness (QED) is 0.532. The third-order valence-electron chi connectivity index (χ3n) is 2.46. The predicted molar refractivity (Wildman–Crippen MR) is 57.7 cm³/mol. The molecule has 4 nitrogen and oxygen atoms in total. The first kappa shape index (κ1) is 12.5. The zero-order valence-corrected chi connectivity index (χ0v) is 9.46. The molecule has 0 bridgehead atoms. The molecule has 0 aromatic carbocycles. The molecule has 0 aromatic heterocycles. The molecule has 0 aliphatic carbocycles. The molecule has 0 aromatic rings. The summed E-state index contributed by atoms with van der Waals surface area (Å²) in [7, 11) is 0. The Morgan fingerprint density at radius 2 is 2.40 bits per heavy atom. The minimum Gasteiger partial charge on any atom is -0.463 e. The van der Waals surface area contributed by atoms with E-state index in [2.05, 4.69) is 5.32 Å². The molecular formula is C11H21NO3. The summed E-state index contributed by atoms with van der Waals surface area (Å²) in [6.07, 6.45) is 3.90. The third-order valence-corrected chi connectivity index (χ3v) is 2.46. The molecule has 0 spiro atoms. The molecule has 1 aliphatic rings. The van der Waals surface area contributed by atoms with Gasteiger partial charge in [-0.05, 0) is 25.8 Å². The average molecular weight is 215 g/mol. The molecule has 1 saturated heterocycles. The van der Waals surface area contributed by atoms with E-state index in [1.807, 2.05) is 6.92 Å². The lowest BCUT2D eigenvalue weighted by Crippen LogP contribution is -2.27. The number of nitrogens with one attached hydrogen (secondary N) is 1. The van der Waals surface area contributed by atoms with Gasteiger partial charge in [0.2, 0.25) is 0 Å². The first-order chi connectivity index (χ1) is 7.33. The molecule has 1 N–H and O–H groups in total. The van der Waals surface area contributed by atoms with Gasteiger partial charge in [0.1, 0.15) is 6.61 Å². The second-order valence-electron chi connectivity index (χ2n) is 3.78. The number of carbonyl (C=O) groups excluding carboxylic acids is 1. The minimum absolute atomic E-state index is 0.127. The highest BCUT2D eigenvalue weighted by molar-refractivity contribution is 5.69. The predicted octanol–water partition coefficient (Wildman–Crippen LogP) is 1.10. The van der Waals surface area contributed by atoms with E-state index in [1.165, 1.54) is 6.42 Å². The summed E-state index contributed by atoms with van der Waals surface area (Å²) in [6, 6.07) is 0. The van der Waals surface area contributed by atoms with E-state index in [4.69, 9.17) is 9.47 Å². The van der Waals surface area contributed by atoms with Crippen LogP contribution in [-0.4, -0.2) is 38.4 Å². The van der Waals surface area contributed by atoms with Crippen LogP contribution in [0.1, 0.15) is 32.6 Å². The molecule has 1 atom stereocenters. The van der Waals surface area contributed by atoms with Gasteiger partial charge in [0.25, 0.3) is 0 Å². The van der Waals surface area contributed by atoms with Crippen molar-refractivity contribution in [3.05, 3.63) is 0 Å². The van der Waals surface area contributed by atoms with E-state index in [0.29, 0.717) is 19.6 Å². The molecule has 0 radical (unpaired) electrons. The van der Waals surface area contributed by atoms with Crippen LogP contribution in [0.4, 0.5) is 0 Å². The Balaban J connectivity index is 2.00. The summed E-state index contributed by atoms with van der Waals surface area (Å²) < 4.78 is 10.6. The Morgan fingerprint density at radius 3 is 3.07 bits per heavy atom. The lowest BCUT2D eigenvalue weighted by atomic mass is 10.1. The minimum atomic E-state index is -0.134. The van der Waals surface area contributed by atoms with Crippen molar-refractivity contribution in [2.75, 3.05) is 26.3 Å². The Bertz CT molecular complexity index is 179. The number of hydrogen-bond donors (Lipinski definition) is 1. The Kier molecular flexibility index (Phi) is 6.36. The van der Waals surface area contributed by atoms with Crippen LogP contribution in [0.5, 0.6) is 0 Å². The van der Waals surface area contributed by atoms with E-state index in [0.717, 1.165) is 26.0 Å². The van der Waals surface area contributed by atoms with Crippen LogP contribution in [0.3, 0.4) is 0 Å². The van der Waals surface area contributed by atoms with Gasteiger partial charge in [0.15, 0.2) is 0 Å². The van der Waals surface area contributed by atoms with Crippen LogP contribution in [-0.2, 0) is 14.3 Å². The topological polar surface area (TPSA) is 47.6 Å². The molecule has 1 unspecified atom stereocenters. The summed E-state index contributed by atoms with van der Waals surface area (Å²) >= 11 is 0. The fourth-order valence-corrected chi connectivity index (χ4v) is 1.56. The molecule has 88 valence electrons. The van der Waals surface area contributed by atoms with Crippen molar-refractivity contribution in [1.82, 2.24) is 5.32 Å². The number of esters is 1. The zero-order chi connectivity index (χ0) is 10.9. The summed E-state index contributed by atoms with van der Waals surface area (Å²) in [6.45, 7) is 4.83. The Labute approximate surface area is 91.3 Å². The van der Waals surface area contributed by atoms with Crippen LogP contribution < -0.4 is 5.32 Å². The Hall–Kier alpha value is -0.610. The summed E-state index contributed by atoms with van der Waals surface area (Å²) in [5.41, 5.74) is 0. The van der Waals surface area contributed by atoms with Gasteiger partial charge in [-0.2, -0.15) is 0 Å². The van der Waals surface area contributed by atoms with Crippen molar-refractivity contribution < 1.29 is 14.3 Å². The molecule has 1 aliphatic heterocycles. The van der Waals surface area contributed by atoms with Gasteiger partial charge in [0.05, 0.1) is 12.5 Å². The summed E-state index contributed by atoms with van der Waals surface area (Å²) in [5.74, 6) is -0.134. The van der Waals surface area contributed by atoms with Crippen LogP contribution >= 0.6 is 0 Å². The fraction of sp³-hybridized carbons (Fsp3) is 0.909. The highest BCUT2D eigenvalue weighted by Crippen LogP contribution is 2.12. The maximum absolute atomic E-state index is 11.2. The van der Waals surface area contributed by atoms with Gasteiger partial charge in [-0.15, -0.1) is 0 Å². The molecule has 1 heterocycles. The van der Waals surface area contributed by atoms with Crippen LogP contribution in [0.25, 0.3) is 0 Å². The van der Waals surface area contributed by atoms with E-state index in [1.54, 1.807) is 0 Å². The van der Waals surface area contributed by atoms with Crippen LogP contribution in [0.2, 0.25) is 0 Å². The van der Waals surface area contributed by atoms with Crippen molar-refractivity contribution in [3.8, 4) is 0 Å². The highest BCUT2D eigenvalue weighted by atomic mass is 16.6. The summed E-state index contributed by atoms with van der Waals surface area (Å²) in [5, 5.41) is 3.09. The number of ether oxygens (including phenoxy) is 2. The average Bonchev–Trinajstić information content (AvgIpc) is 2.28. The van der Waals surface area contributed by atoms with Crippen LogP contribution in [0, 0.1) is 0 Å². The lowest BCUT2D eigenvalue weighted by Gasteiger charge is -2.22. The molecule has 4 heteroatoms. The van der Waals surface area contributed by atoms with Gasteiger partial charge in [-0.1, -0.05) is 6.92 Å². The molecule has 1 fully saturated rings. The van der Waals surface area contributed by atoms with Gasteiger partial charge >= 0.3 is 5.97 Å². The van der Waals surface area contributed by atoms with E-state index in [-0.39, 0.29) is 12.1 Å². The molecule has 15 heavy (non-hydrogen) atoms. The molecule has 0 saturated carbocycles. The van der Waals surface area contributed by atoms with Crippen LogP contribution in [0.15, 0.2) is 0 Å². The number of hydrogen-bond acceptors (Lipinski definition) is 4. The first-order valence-corrected chi connectivity index (χ1v) is 5.81. The van der Waals surface area contributed by atoms with Crippen molar-refractivity contribution in [1.29, 1.82) is 0 Å². The fourth-order valence-electron chi connectivity index (χ4n) is 1.56. The van der Waals surface area contributed by atoms with Crippen molar-refractivity contribution in [2.45, 2.75) is 38.7 Å². The first-order valence-electron chi connectivity index (χ1n) is 5.81. The molecular weight excluding hydrogens is 194 g/mol. The SMILES string of the molecule is CCNCCC(=O)OCC1CCCCO1.